The summed E-state index contributed by atoms with van der Waals surface area (Å²) in [4.78, 5) is 29.3. The van der Waals surface area contributed by atoms with Crippen LogP contribution in [0.1, 0.15) is 37.8 Å². The lowest BCUT2D eigenvalue weighted by atomic mass is 9.81. The van der Waals surface area contributed by atoms with E-state index in [0.29, 0.717) is 29.2 Å². The van der Waals surface area contributed by atoms with Gasteiger partial charge in [0.25, 0.3) is 5.56 Å². The molecule has 28 heavy (non-hydrogen) atoms. The van der Waals surface area contributed by atoms with Crippen LogP contribution in [0.5, 0.6) is 0 Å². The molecule has 1 amide bonds. The Morgan fingerprint density at radius 1 is 1.11 bits per heavy atom. The lowest BCUT2D eigenvalue weighted by Gasteiger charge is -2.47. The number of aromatic nitrogens is 1. The average Bonchev–Trinajstić information content (AvgIpc) is 3.23. The van der Waals surface area contributed by atoms with Crippen LogP contribution in [0, 0.1) is 5.92 Å². The fourth-order valence-electron chi connectivity index (χ4n) is 5.45. The first-order valence-electron chi connectivity index (χ1n) is 10.4. The van der Waals surface area contributed by atoms with Crippen molar-refractivity contribution in [2.24, 2.45) is 5.92 Å². The number of furan rings is 1. The standard InChI is InChI=1S/C22H27N3O3/c1-15(26)23-8-6-18(7-9-23)24-12-16-11-17(14-24)20-5-4-19(21-3-2-10-28-21)22(27)25(20)13-16/h2-5,10,16-18H,6-9,11-14H2,1H3. The van der Waals surface area contributed by atoms with Gasteiger partial charge >= 0.3 is 0 Å². The third-order valence-corrected chi connectivity index (χ3v) is 6.85. The van der Waals surface area contributed by atoms with Gasteiger partial charge < -0.3 is 13.9 Å². The molecule has 0 N–H and O–H groups in total. The van der Waals surface area contributed by atoms with E-state index in [1.54, 1.807) is 13.2 Å². The number of hydrogen-bond donors (Lipinski definition) is 0. The van der Waals surface area contributed by atoms with Crippen molar-refractivity contribution < 1.29 is 9.21 Å². The fourth-order valence-corrected chi connectivity index (χ4v) is 5.45. The van der Waals surface area contributed by atoms with E-state index in [4.69, 9.17) is 4.42 Å². The number of piperidine rings is 2. The van der Waals surface area contributed by atoms with E-state index in [9.17, 15) is 9.59 Å². The molecule has 6 nitrogen and oxygen atoms in total. The summed E-state index contributed by atoms with van der Waals surface area (Å²) in [7, 11) is 0. The van der Waals surface area contributed by atoms with E-state index in [0.717, 1.165) is 45.6 Å². The van der Waals surface area contributed by atoms with Gasteiger partial charge in [-0.1, -0.05) is 0 Å². The highest BCUT2D eigenvalue weighted by Crippen LogP contribution is 2.37. The van der Waals surface area contributed by atoms with Crippen LogP contribution in [0.3, 0.4) is 0 Å². The average molecular weight is 381 g/mol. The molecular weight excluding hydrogens is 354 g/mol. The van der Waals surface area contributed by atoms with Crippen LogP contribution in [0.15, 0.2) is 39.7 Å². The van der Waals surface area contributed by atoms with Gasteiger partial charge in [0, 0.05) is 57.3 Å². The zero-order valence-corrected chi connectivity index (χ0v) is 16.3. The van der Waals surface area contributed by atoms with E-state index in [1.165, 1.54) is 12.1 Å². The molecule has 3 aliphatic heterocycles. The van der Waals surface area contributed by atoms with Crippen LogP contribution in [0.25, 0.3) is 11.3 Å². The first kappa shape index (κ1) is 17.7. The molecule has 0 aromatic carbocycles. The number of carbonyl (C=O) groups is 1. The molecule has 0 aliphatic carbocycles. The van der Waals surface area contributed by atoms with E-state index < -0.39 is 0 Å². The van der Waals surface area contributed by atoms with Crippen LogP contribution in [0.4, 0.5) is 0 Å². The summed E-state index contributed by atoms with van der Waals surface area (Å²) in [6.07, 6.45) is 4.90. The summed E-state index contributed by atoms with van der Waals surface area (Å²) in [5, 5.41) is 0. The minimum atomic E-state index is 0.0744. The number of pyridine rings is 1. The van der Waals surface area contributed by atoms with Crippen LogP contribution < -0.4 is 5.56 Å². The fraction of sp³-hybridized carbons (Fsp3) is 0.545. The number of rotatable bonds is 2. The predicted molar refractivity (Wildman–Crippen MR) is 106 cm³/mol. The normalized spacial score (nSPS) is 25.5. The van der Waals surface area contributed by atoms with Gasteiger partial charge in [-0.15, -0.1) is 0 Å². The molecule has 6 heteroatoms. The summed E-state index contributed by atoms with van der Waals surface area (Å²) in [6.45, 7) is 6.26. The summed E-state index contributed by atoms with van der Waals surface area (Å²) in [5.41, 5.74) is 1.90. The lowest BCUT2D eigenvalue weighted by molar-refractivity contribution is -0.130. The maximum absolute atomic E-state index is 13.1. The Kier molecular flexibility index (Phi) is 4.38. The Bertz CT molecular complexity index is 925. The minimum Gasteiger partial charge on any atom is -0.464 e. The predicted octanol–water partition coefficient (Wildman–Crippen LogP) is 2.54. The summed E-state index contributed by atoms with van der Waals surface area (Å²) >= 11 is 0. The number of nitrogens with zero attached hydrogens (tertiary/aromatic N) is 3. The first-order valence-corrected chi connectivity index (χ1v) is 10.4. The monoisotopic (exact) mass is 381 g/mol. The van der Waals surface area contributed by atoms with E-state index in [2.05, 4.69) is 11.0 Å². The minimum absolute atomic E-state index is 0.0744. The molecule has 5 heterocycles. The Morgan fingerprint density at radius 3 is 2.64 bits per heavy atom. The van der Waals surface area contributed by atoms with Crippen LogP contribution in [-0.2, 0) is 11.3 Å². The second-order valence-corrected chi connectivity index (χ2v) is 8.55. The number of hydrogen-bond acceptors (Lipinski definition) is 4. The topological polar surface area (TPSA) is 58.7 Å². The van der Waals surface area contributed by atoms with Gasteiger partial charge in [-0.2, -0.15) is 0 Å². The Morgan fingerprint density at radius 2 is 1.93 bits per heavy atom. The quantitative estimate of drug-likeness (QED) is 0.802. The molecule has 2 atom stereocenters. The third-order valence-electron chi connectivity index (χ3n) is 6.85. The summed E-state index contributed by atoms with van der Waals surface area (Å²) in [6, 6.07) is 8.28. The molecule has 0 radical (unpaired) electrons. The summed E-state index contributed by atoms with van der Waals surface area (Å²) < 4.78 is 7.45. The third kappa shape index (κ3) is 3.00. The molecule has 2 aromatic rings. The van der Waals surface area contributed by atoms with Gasteiger partial charge in [-0.05, 0) is 49.4 Å². The maximum atomic E-state index is 13.1. The first-order chi connectivity index (χ1) is 13.6. The SMILES string of the molecule is CC(=O)N1CCC(N2CC3CC(C2)c2ccc(-c4ccco4)c(=O)n2C3)CC1. The Hall–Kier alpha value is -2.34. The molecule has 148 valence electrons. The molecule has 2 saturated heterocycles. The van der Waals surface area contributed by atoms with Gasteiger partial charge in [0.15, 0.2) is 0 Å². The molecule has 2 fully saturated rings. The van der Waals surface area contributed by atoms with E-state index in [-0.39, 0.29) is 11.5 Å². The number of carbonyl (C=O) groups excluding carboxylic acids is 1. The Balaban J connectivity index is 1.37. The number of amides is 1. The van der Waals surface area contributed by atoms with Crippen LogP contribution in [-0.4, -0.2) is 52.5 Å². The second-order valence-electron chi connectivity index (χ2n) is 8.55. The molecule has 5 rings (SSSR count). The number of likely N-dealkylation sites (tertiary alicyclic amines) is 2. The van der Waals surface area contributed by atoms with Crippen molar-refractivity contribution in [3.8, 4) is 11.3 Å². The zero-order valence-electron chi connectivity index (χ0n) is 16.3. The molecule has 2 unspecified atom stereocenters. The van der Waals surface area contributed by atoms with Gasteiger partial charge in [0.1, 0.15) is 5.76 Å². The maximum Gasteiger partial charge on any atom is 0.261 e. The van der Waals surface area contributed by atoms with Gasteiger partial charge in [0.2, 0.25) is 5.91 Å². The van der Waals surface area contributed by atoms with Crippen molar-refractivity contribution in [2.45, 2.75) is 44.7 Å². The molecule has 2 bridgehead atoms. The molecule has 0 saturated carbocycles. The van der Waals surface area contributed by atoms with Crippen molar-refractivity contribution in [1.29, 1.82) is 0 Å². The summed E-state index contributed by atoms with van der Waals surface area (Å²) in [5.74, 6) is 1.77. The Labute approximate surface area is 164 Å². The van der Waals surface area contributed by atoms with Gasteiger partial charge in [-0.3, -0.25) is 14.5 Å². The van der Waals surface area contributed by atoms with E-state index >= 15 is 0 Å². The second kappa shape index (κ2) is 6.92. The van der Waals surface area contributed by atoms with Gasteiger partial charge in [0.05, 0.1) is 11.8 Å². The zero-order chi connectivity index (χ0) is 19.3. The van der Waals surface area contributed by atoms with Crippen molar-refractivity contribution >= 4 is 5.91 Å². The highest BCUT2D eigenvalue weighted by Gasteiger charge is 2.38. The van der Waals surface area contributed by atoms with Crippen LogP contribution in [0.2, 0.25) is 0 Å². The molecule has 3 aliphatic rings. The van der Waals surface area contributed by atoms with E-state index in [1.807, 2.05) is 27.7 Å². The molecular formula is C22H27N3O3. The van der Waals surface area contributed by atoms with Gasteiger partial charge in [-0.25, -0.2) is 0 Å². The number of fused-ring (bicyclic) bond motifs is 4. The van der Waals surface area contributed by atoms with Crippen molar-refractivity contribution in [2.75, 3.05) is 26.2 Å². The van der Waals surface area contributed by atoms with Crippen molar-refractivity contribution in [3.63, 3.8) is 0 Å². The smallest absolute Gasteiger partial charge is 0.261 e. The van der Waals surface area contributed by atoms with Crippen LogP contribution >= 0.6 is 0 Å². The largest absolute Gasteiger partial charge is 0.464 e. The molecule has 2 aromatic heterocycles. The van der Waals surface area contributed by atoms with Crippen molar-refractivity contribution in [1.82, 2.24) is 14.4 Å². The molecule has 0 spiro atoms. The highest BCUT2D eigenvalue weighted by atomic mass is 16.3. The highest BCUT2D eigenvalue weighted by molar-refractivity contribution is 5.73. The lowest BCUT2D eigenvalue weighted by Crippen LogP contribution is -2.53. The van der Waals surface area contributed by atoms with Crippen molar-refractivity contribution in [3.05, 3.63) is 46.6 Å².